The number of hydrogen-bond acceptors (Lipinski definition) is 7. The van der Waals surface area contributed by atoms with Gasteiger partial charge in [0.2, 0.25) is 5.95 Å². The molecule has 10 heteroatoms. The molecule has 8 rings (SSSR count). The van der Waals surface area contributed by atoms with Gasteiger partial charge in [0, 0.05) is 35.4 Å². The first-order valence-electron chi connectivity index (χ1n) is 16.0. The number of aryl methyl sites for hydroxylation is 2. The van der Waals surface area contributed by atoms with E-state index in [9.17, 15) is 0 Å². The topological polar surface area (TPSA) is 87.8 Å². The Morgan fingerprint density at radius 2 is 1.04 bits per heavy atom. The molecule has 0 aliphatic carbocycles. The molecule has 0 saturated heterocycles. The number of fused-ring (bicyclic) bond motifs is 3. The normalized spacial score (nSPS) is 10.8. The van der Waals surface area contributed by atoms with Crippen molar-refractivity contribution in [2.75, 3.05) is 0 Å². The van der Waals surface area contributed by atoms with E-state index in [1.165, 1.54) is 12.7 Å². The second-order valence-corrected chi connectivity index (χ2v) is 11.3. The minimum Gasteiger partial charge on any atom is -0.503 e. The summed E-state index contributed by atoms with van der Waals surface area (Å²) in [4.78, 5) is 22.0. The van der Waals surface area contributed by atoms with Crippen molar-refractivity contribution in [3.63, 3.8) is 0 Å². The van der Waals surface area contributed by atoms with Gasteiger partial charge in [-0.1, -0.05) is 73.4 Å². The maximum Gasteiger partial charge on any atom is 2.00 e. The van der Waals surface area contributed by atoms with Crippen molar-refractivity contribution in [3.05, 3.63) is 145 Å². The number of benzene rings is 4. The average Bonchev–Trinajstić information content (AvgIpc) is 3.48. The maximum atomic E-state index is 6.40. The van der Waals surface area contributed by atoms with Crippen LogP contribution in [0, 0.1) is 24.3 Å². The van der Waals surface area contributed by atoms with Crippen LogP contribution in [0.1, 0.15) is 25.0 Å². The van der Waals surface area contributed by atoms with Crippen LogP contribution in [0.3, 0.4) is 0 Å². The first-order valence-corrected chi connectivity index (χ1v) is 16.0. The van der Waals surface area contributed by atoms with E-state index >= 15 is 0 Å². The molecule has 0 spiro atoms. The first-order chi connectivity index (χ1) is 24.1. The number of hydrogen-bond donors (Lipinski definition) is 0. The summed E-state index contributed by atoms with van der Waals surface area (Å²) in [5.41, 5.74) is 7.07. The van der Waals surface area contributed by atoms with Crippen molar-refractivity contribution in [2.24, 2.45) is 0 Å². The number of pyridine rings is 2. The van der Waals surface area contributed by atoms with Crippen molar-refractivity contribution in [2.45, 2.75) is 26.7 Å². The van der Waals surface area contributed by atoms with Crippen LogP contribution >= 0.6 is 0 Å². The Bertz CT molecular complexity index is 2270. The van der Waals surface area contributed by atoms with E-state index in [0.29, 0.717) is 28.9 Å². The third-order valence-electron chi connectivity index (χ3n) is 8.16. The third kappa shape index (κ3) is 7.51. The van der Waals surface area contributed by atoms with Gasteiger partial charge >= 0.3 is 40.8 Å². The predicted molar refractivity (Wildman–Crippen MR) is 188 cm³/mol. The zero-order valence-electron chi connectivity index (χ0n) is 27.4. The first kappa shape index (κ1) is 35.7. The van der Waals surface area contributed by atoms with Crippen LogP contribution in [0.5, 0.6) is 23.0 Å². The summed E-state index contributed by atoms with van der Waals surface area (Å²) in [5.74, 6) is 2.62. The number of rotatable bonds is 9. The van der Waals surface area contributed by atoms with Crippen LogP contribution in [0.15, 0.2) is 110 Å². The van der Waals surface area contributed by atoms with Crippen LogP contribution < -0.4 is 9.47 Å². The zero-order chi connectivity index (χ0) is 33.2. The number of nitrogens with zero attached hydrogens (tertiary/aromatic N) is 6. The summed E-state index contributed by atoms with van der Waals surface area (Å²) >= 11 is 0. The van der Waals surface area contributed by atoms with E-state index in [4.69, 9.17) is 9.47 Å². The fourth-order valence-corrected chi connectivity index (χ4v) is 5.77. The largest absolute Gasteiger partial charge is 2.00 e. The molecule has 0 aliphatic rings. The monoisotopic (exact) mass is 848 g/mol. The van der Waals surface area contributed by atoms with Crippen molar-refractivity contribution >= 4 is 21.8 Å². The standard InChI is InChI=1S/C41H28N6O2.2Pd/c1-3-27-17-29(37-9-5-7-15-43-37)21-33(19-27)48-31-11-13-35-36-14-12-32(24-40(36)47(39(35)23-31)41-45-25-42-26-46-41)49-34-20-28(4-2)18-30(22-34)38-10-6-8-16-44-38;;/h5-20,25-26H,3-4H2,1-2H3;;/q-4;2*+2. The van der Waals surface area contributed by atoms with Gasteiger partial charge < -0.3 is 24.0 Å². The molecule has 0 amide bonds. The number of ether oxygens (including phenoxy) is 2. The molecule has 4 heterocycles. The second kappa shape index (κ2) is 15.9. The summed E-state index contributed by atoms with van der Waals surface area (Å²) in [6, 6.07) is 41.4. The van der Waals surface area contributed by atoms with Gasteiger partial charge in [-0.15, -0.1) is 58.7 Å². The van der Waals surface area contributed by atoms with Crippen LogP contribution in [0.4, 0.5) is 0 Å². The smallest absolute Gasteiger partial charge is 0.503 e. The third-order valence-corrected chi connectivity index (χ3v) is 8.16. The molecule has 0 N–H and O–H groups in total. The summed E-state index contributed by atoms with van der Waals surface area (Å²) in [6.45, 7) is 4.22. The average molecular weight is 850 g/mol. The van der Waals surface area contributed by atoms with Gasteiger partial charge in [-0.3, -0.25) is 0 Å². The second-order valence-electron chi connectivity index (χ2n) is 11.3. The van der Waals surface area contributed by atoms with Gasteiger partial charge in [0.1, 0.15) is 12.7 Å². The van der Waals surface area contributed by atoms with Gasteiger partial charge in [0.25, 0.3) is 0 Å². The Morgan fingerprint density at radius 3 is 1.47 bits per heavy atom. The molecule has 254 valence electrons. The Labute approximate surface area is 323 Å². The van der Waals surface area contributed by atoms with Crippen LogP contribution in [-0.4, -0.2) is 29.5 Å². The quantitative estimate of drug-likeness (QED) is 0.106. The van der Waals surface area contributed by atoms with Crippen LogP contribution in [0.25, 0.3) is 50.3 Å². The molecular weight excluding hydrogens is 821 g/mol. The molecule has 0 atom stereocenters. The van der Waals surface area contributed by atoms with Crippen molar-refractivity contribution in [1.29, 1.82) is 0 Å². The molecule has 8 nitrogen and oxygen atoms in total. The fraction of sp³-hybridized carbons (Fsp3) is 0.0976. The van der Waals surface area contributed by atoms with Gasteiger partial charge in [-0.25, -0.2) is 15.0 Å². The van der Waals surface area contributed by atoms with Crippen LogP contribution in [0.2, 0.25) is 0 Å². The maximum absolute atomic E-state index is 6.40. The molecule has 0 aliphatic heterocycles. The zero-order valence-corrected chi connectivity index (χ0v) is 30.5. The summed E-state index contributed by atoms with van der Waals surface area (Å²) in [7, 11) is 0. The molecule has 0 bridgehead atoms. The molecule has 0 saturated carbocycles. The van der Waals surface area contributed by atoms with E-state index in [1.807, 2.05) is 77.4 Å². The molecule has 0 fully saturated rings. The van der Waals surface area contributed by atoms with E-state index in [0.717, 1.165) is 68.3 Å². The molecule has 8 aromatic rings. The molecule has 4 aromatic heterocycles. The van der Waals surface area contributed by atoms with Gasteiger partial charge in [0.05, 0.1) is 0 Å². The summed E-state index contributed by atoms with van der Waals surface area (Å²) < 4.78 is 14.7. The minimum atomic E-state index is 0. The van der Waals surface area contributed by atoms with E-state index < -0.39 is 0 Å². The van der Waals surface area contributed by atoms with E-state index in [2.05, 4.69) is 75.2 Å². The SMILES string of the molecule is CCc1cc(Oc2[c-]c3c(cc2)c2ccc(Oc4[c-]c(-c5ccccn5)cc(CC)c4)[c-]c2n3-c2ncncn2)[c-]c(-c2ccccn2)c1.[Pd+2].[Pd+2]. The molecule has 4 aromatic carbocycles. The summed E-state index contributed by atoms with van der Waals surface area (Å²) in [6.07, 6.45) is 8.17. The molecule has 0 unspecified atom stereocenters. The molecule has 51 heavy (non-hydrogen) atoms. The fourth-order valence-electron chi connectivity index (χ4n) is 5.77. The summed E-state index contributed by atoms with van der Waals surface area (Å²) in [5, 5.41) is 1.87. The Kier molecular flexibility index (Phi) is 11.1. The van der Waals surface area contributed by atoms with Gasteiger partial charge in [-0.2, -0.15) is 22.9 Å². The Morgan fingerprint density at radius 1 is 0.549 bits per heavy atom. The van der Waals surface area contributed by atoms with Crippen molar-refractivity contribution in [3.8, 4) is 51.5 Å². The van der Waals surface area contributed by atoms with E-state index in [-0.39, 0.29) is 40.8 Å². The molecule has 0 radical (unpaired) electrons. The van der Waals surface area contributed by atoms with Crippen LogP contribution in [-0.2, 0) is 53.7 Å². The van der Waals surface area contributed by atoms with Crippen molar-refractivity contribution in [1.82, 2.24) is 29.5 Å². The van der Waals surface area contributed by atoms with Gasteiger partial charge in [0.15, 0.2) is 0 Å². The Hall–Kier alpha value is -5.09. The van der Waals surface area contributed by atoms with Gasteiger partial charge in [-0.05, 0) is 36.4 Å². The molecular formula is C41H28N6O2Pd2. The predicted octanol–water partition coefficient (Wildman–Crippen LogP) is 9.00. The van der Waals surface area contributed by atoms with Crippen molar-refractivity contribution < 1.29 is 50.3 Å². The number of aromatic nitrogens is 6. The Balaban J connectivity index is 0.00000224. The van der Waals surface area contributed by atoms with E-state index in [1.54, 1.807) is 12.4 Å². The minimum absolute atomic E-state index is 0.